The monoisotopic (exact) mass is 322 g/mol. The highest BCUT2D eigenvalue weighted by atomic mass is 35.5. The molecule has 1 aliphatic heterocycles. The van der Waals surface area contributed by atoms with Gasteiger partial charge in [0.1, 0.15) is 10.8 Å². The van der Waals surface area contributed by atoms with Gasteiger partial charge in [0.05, 0.1) is 37.7 Å². The molecular formula is C14H11ClN2O3S. The lowest BCUT2D eigenvalue weighted by atomic mass is 9.98. The first-order valence-electron chi connectivity index (χ1n) is 6.11. The normalized spacial score (nSPS) is 13.7. The van der Waals surface area contributed by atoms with Crippen LogP contribution in [0.15, 0.2) is 22.5 Å². The molecule has 3 rings (SSSR count). The topological polar surface area (TPSA) is 60.8 Å². The van der Waals surface area contributed by atoms with Crippen molar-refractivity contribution in [3.63, 3.8) is 0 Å². The molecule has 21 heavy (non-hydrogen) atoms. The van der Waals surface area contributed by atoms with Gasteiger partial charge in [-0.05, 0) is 12.1 Å². The minimum atomic E-state index is -0.0356. The summed E-state index contributed by atoms with van der Waals surface area (Å²) in [6, 6.07) is 3.36. The number of thiazole rings is 1. The molecule has 0 amide bonds. The maximum Gasteiger partial charge on any atom is 0.273 e. The fraction of sp³-hybridized carbons (Fsp3) is 0.214. The molecule has 1 aromatic heterocycles. The number of nitrogens with zero attached hydrogens (tertiary/aromatic N) is 2. The van der Waals surface area contributed by atoms with Crippen LogP contribution in [0.1, 0.15) is 22.5 Å². The number of carbonyl (C=O) groups excluding carboxylic acids is 1. The minimum Gasteiger partial charge on any atom is -0.495 e. The molecule has 0 radical (unpaired) electrons. The molecule has 0 N–H and O–H groups in total. The Labute approximate surface area is 130 Å². The van der Waals surface area contributed by atoms with Gasteiger partial charge in [0.25, 0.3) is 5.19 Å². The molecule has 1 aromatic carbocycles. The van der Waals surface area contributed by atoms with Gasteiger partial charge in [-0.3, -0.25) is 4.79 Å². The third kappa shape index (κ3) is 2.41. The fourth-order valence-electron chi connectivity index (χ4n) is 2.09. The van der Waals surface area contributed by atoms with Crippen LogP contribution in [0.25, 0.3) is 0 Å². The molecule has 0 atom stereocenters. The van der Waals surface area contributed by atoms with E-state index in [1.54, 1.807) is 19.2 Å². The Morgan fingerprint density at radius 3 is 2.76 bits per heavy atom. The molecule has 0 aliphatic carbocycles. The molecule has 0 unspecified atom stereocenters. The average molecular weight is 323 g/mol. The summed E-state index contributed by atoms with van der Waals surface area (Å²) in [6.07, 6.45) is 0.197. The SMILES string of the molecule is COc1nc(C2=Nc3c(ccc(OC)c3Cl)C(=O)C2)cs1. The number of aliphatic imine (C=N–C) groups is 1. The first-order chi connectivity index (χ1) is 10.1. The third-order valence-corrected chi connectivity index (χ3v) is 4.30. The van der Waals surface area contributed by atoms with E-state index in [9.17, 15) is 4.79 Å². The molecule has 0 saturated heterocycles. The third-order valence-electron chi connectivity index (χ3n) is 3.13. The summed E-state index contributed by atoms with van der Waals surface area (Å²) in [5.41, 5.74) is 2.16. The zero-order chi connectivity index (χ0) is 15.0. The highest BCUT2D eigenvalue weighted by molar-refractivity contribution is 7.11. The van der Waals surface area contributed by atoms with Crippen LogP contribution >= 0.6 is 22.9 Å². The predicted molar refractivity (Wildman–Crippen MR) is 81.8 cm³/mol. The summed E-state index contributed by atoms with van der Waals surface area (Å²) in [6.45, 7) is 0. The molecular weight excluding hydrogens is 312 g/mol. The molecule has 108 valence electrons. The maximum absolute atomic E-state index is 12.3. The maximum atomic E-state index is 12.3. The number of aromatic nitrogens is 1. The van der Waals surface area contributed by atoms with E-state index in [2.05, 4.69) is 9.98 Å². The average Bonchev–Trinajstić information content (AvgIpc) is 2.97. The van der Waals surface area contributed by atoms with E-state index in [4.69, 9.17) is 21.1 Å². The molecule has 0 fully saturated rings. The summed E-state index contributed by atoms with van der Waals surface area (Å²) >= 11 is 7.61. The number of ketones is 1. The van der Waals surface area contributed by atoms with Crippen molar-refractivity contribution in [1.82, 2.24) is 4.98 Å². The molecule has 0 bridgehead atoms. The van der Waals surface area contributed by atoms with E-state index < -0.39 is 0 Å². The van der Waals surface area contributed by atoms with Gasteiger partial charge in [0, 0.05) is 10.9 Å². The Morgan fingerprint density at radius 1 is 1.29 bits per heavy atom. The standard InChI is InChI=1S/C14H11ClN2O3S/c1-19-11-4-3-7-10(18)5-8(16-13(7)12(11)15)9-6-21-14(17-9)20-2/h3-4,6H,5H2,1-2H3. The number of rotatable bonds is 3. The number of ether oxygens (including phenoxy) is 2. The van der Waals surface area contributed by atoms with Crippen LogP contribution in [0.3, 0.4) is 0 Å². The minimum absolute atomic E-state index is 0.0356. The first kappa shape index (κ1) is 14.0. The van der Waals surface area contributed by atoms with E-state index in [1.807, 2.05) is 5.38 Å². The second-order valence-electron chi connectivity index (χ2n) is 4.34. The molecule has 2 heterocycles. The zero-order valence-corrected chi connectivity index (χ0v) is 12.9. The second-order valence-corrected chi connectivity index (χ2v) is 5.54. The van der Waals surface area contributed by atoms with Gasteiger partial charge in [-0.2, -0.15) is 0 Å². The first-order valence-corrected chi connectivity index (χ1v) is 7.37. The van der Waals surface area contributed by atoms with E-state index in [0.29, 0.717) is 38.6 Å². The van der Waals surface area contributed by atoms with Gasteiger partial charge in [0.2, 0.25) is 0 Å². The lowest BCUT2D eigenvalue weighted by Crippen LogP contribution is -2.15. The van der Waals surface area contributed by atoms with Crippen molar-refractivity contribution in [2.75, 3.05) is 14.2 Å². The van der Waals surface area contributed by atoms with E-state index in [-0.39, 0.29) is 12.2 Å². The van der Waals surface area contributed by atoms with Crippen LogP contribution in [0.5, 0.6) is 10.9 Å². The van der Waals surface area contributed by atoms with Gasteiger partial charge >= 0.3 is 0 Å². The van der Waals surface area contributed by atoms with E-state index >= 15 is 0 Å². The number of fused-ring (bicyclic) bond motifs is 1. The number of benzene rings is 1. The Morgan fingerprint density at radius 2 is 2.10 bits per heavy atom. The van der Waals surface area contributed by atoms with Crippen LogP contribution in [-0.2, 0) is 0 Å². The summed E-state index contributed by atoms with van der Waals surface area (Å²) in [5, 5.41) is 2.68. The van der Waals surface area contributed by atoms with Crippen molar-refractivity contribution in [3.8, 4) is 10.9 Å². The summed E-state index contributed by atoms with van der Waals surface area (Å²) in [5.74, 6) is 0.454. The number of hydrogen-bond acceptors (Lipinski definition) is 6. The van der Waals surface area contributed by atoms with Gasteiger partial charge in [-0.25, -0.2) is 9.98 Å². The van der Waals surface area contributed by atoms with Crippen molar-refractivity contribution in [3.05, 3.63) is 33.8 Å². The van der Waals surface area contributed by atoms with Gasteiger partial charge in [-0.15, -0.1) is 0 Å². The Bertz CT molecular complexity index is 755. The number of hydrogen-bond donors (Lipinski definition) is 0. The molecule has 7 heteroatoms. The smallest absolute Gasteiger partial charge is 0.273 e. The van der Waals surface area contributed by atoms with Crippen LogP contribution in [0.4, 0.5) is 5.69 Å². The molecule has 1 aliphatic rings. The highest BCUT2D eigenvalue weighted by Crippen LogP contribution is 2.40. The lowest BCUT2D eigenvalue weighted by molar-refractivity contribution is 0.1000. The number of Topliss-reactive ketones (excluding diaryl/α,β-unsaturated/α-hetero) is 1. The summed E-state index contributed by atoms with van der Waals surface area (Å²) in [7, 11) is 3.07. The number of halogens is 1. The van der Waals surface area contributed by atoms with Crippen molar-refractivity contribution in [1.29, 1.82) is 0 Å². The number of methoxy groups -OCH3 is 2. The van der Waals surface area contributed by atoms with Crippen molar-refractivity contribution < 1.29 is 14.3 Å². The largest absolute Gasteiger partial charge is 0.495 e. The predicted octanol–water partition coefficient (Wildman–Crippen LogP) is 3.52. The second kappa shape index (κ2) is 5.46. The van der Waals surface area contributed by atoms with Crippen molar-refractivity contribution >= 4 is 40.1 Å². The van der Waals surface area contributed by atoms with Gasteiger partial charge in [0.15, 0.2) is 5.78 Å². The van der Waals surface area contributed by atoms with Crippen LogP contribution in [0, 0.1) is 0 Å². The van der Waals surface area contributed by atoms with Crippen LogP contribution < -0.4 is 9.47 Å². The highest BCUT2D eigenvalue weighted by Gasteiger charge is 2.25. The Hall–Kier alpha value is -1.92. The lowest BCUT2D eigenvalue weighted by Gasteiger charge is -2.16. The van der Waals surface area contributed by atoms with Gasteiger partial charge in [-0.1, -0.05) is 22.9 Å². The van der Waals surface area contributed by atoms with E-state index in [1.165, 1.54) is 18.4 Å². The van der Waals surface area contributed by atoms with E-state index in [0.717, 1.165) is 0 Å². The van der Waals surface area contributed by atoms with Crippen molar-refractivity contribution in [2.24, 2.45) is 4.99 Å². The molecule has 2 aromatic rings. The van der Waals surface area contributed by atoms with Crippen LogP contribution in [0.2, 0.25) is 5.02 Å². The summed E-state index contributed by atoms with van der Waals surface area (Å²) in [4.78, 5) is 21.0. The Balaban J connectivity index is 2.12. The molecule has 0 saturated carbocycles. The quantitative estimate of drug-likeness (QED) is 0.867. The Kier molecular flexibility index (Phi) is 3.65. The summed E-state index contributed by atoms with van der Waals surface area (Å²) < 4.78 is 10.2. The van der Waals surface area contributed by atoms with Gasteiger partial charge < -0.3 is 9.47 Å². The molecule has 5 nitrogen and oxygen atoms in total. The van der Waals surface area contributed by atoms with Crippen molar-refractivity contribution in [2.45, 2.75) is 6.42 Å². The zero-order valence-electron chi connectivity index (χ0n) is 11.3. The molecule has 0 spiro atoms. The fourth-order valence-corrected chi connectivity index (χ4v) is 3.02. The number of carbonyl (C=O) groups is 1. The van der Waals surface area contributed by atoms with Crippen LogP contribution in [-0.4, -0.2) is 30.7 Å².